The molecule has 0 unspecified atom stereocenters. The lowest BCUT2D eigenvalue weighted by molar-refractivity contribution is 0.0748. The molecule has 0 bridgehead atoms. The van der Waals surface area contributed by atoms with Crippen LogP contribution in [0.4, 0.5) is 5.69 Å². The number of aromatic nitrogens is 3. The van der Waals surface area contributed by atoms with Crippen LogP contribution in [-0.2, 0) is 6.42 Å². The van der Waals surface area contributed by atoms with Gasteiger partial charge in [0.25, 0.3) is 5.91 Å². The van der Waals surface area contributed by atoms with Crippen LogP contribution in [0.15, 0.2) is 48.7 Å². The van der Waals surface area contributed by atoms with Crippen molar-refractivity contribution in [1.29, 1.82) is 0 Å². The predicted molar refractivity (Wildman–Crippen MR) is 141 cm³/mol. The first kappa shape index (κ1) is 23.6. The van der Waals surface area contributed by atoms with Crippen molar-refractivity contribution in [2.24, 2.45) is 0 Å². The number of carbonyl (C=O) groups excluding carboxylic acids is 1. The van der Waals surface area contributed by atoms with Crippen molar-refractivity contribution in [2.75, 3.05) is 31.1 Å². The third kappa shape index (κ3) is 4.60. The molecule has 3 heterocycles. The van der Waals surface area contributed by atoms with E-state index in [1.165, 1.54) is 5.56 Å². The molecule has 1 aliphatic rings. The fourth-order valence-electron chi connectivity index (χ4n) is 4.81. The van der Waals surface area contributed by atoms with Crippen molar-refractivity contribution < 1.29 is 4.79 Å². The van der Waals surface area contributed by atoms with Crippen LogP contribution in [-0.4, -0.2) is 51.6 Å². The molecule has 0 spiro atoms. The van der Waals surface area contributed by atoms with Crippen molar-refractivity contribution >= 4 is 40.4 Å². The van der Waals surface area contributed by atoms with E-state index in [0.717, 1.165) is 46.3 Å². The Morgan fingerprint density at radius 3 is 2.46 bits per heavy atom. The molecule has 1 amide bonds. The minimum absolute atomic E-state index is 0.0312. The number of halogens is 2. The molecule has 1 fully saturated rings. The van der Waals surface area contributed by atoms with E-state index in [1.807, 2.05) is 55.1 Å². The van der Waals surface area contributed by atoms with Gasteiger partial charge in [-0.1, -0.05) is 41.4 Å². The Hall–Kier alpha value is -3.09. The summed E-state index contributed by atoms with van der Waals surface area (Å²) in [7, 11) is 0. The van der Waals surface area contributed by atoms with E-state index in [2.05, 4.69) is 23.0 Å². The molecular formula is C27H27Cl2N5O. The molecule has 0 radical (unpaired) electrons. The van der Waals surface area contributed by atoms with Gasteiger partial charge in [-0.15, -0.1) is 0 Å². The van der Waals surface area contributed by atoms with E-state index >= 15 is 0 Å². The highest BCUT2D eigenvalue weighted by Crippen LogP contribution is 2.26. The monoisotopic (exact) mass is 507 g/mol. The molecule has 8 heteroatoms. The Balaban J connectivity index is 1.37. The Kier molecular flexibility index (Phi) is 6.43. The Morgan fingerprint density at radius 1 is 0.971 bits per heavy atom. The minimum Gasteiger partial charge on any atom is -0.368 e. The third-order valence-corrected chi connectivity index (χ3v) is 7.26. The second kappa shape index (κ2) is 9.51. The SMILES string of the molecule is Cc1ccc(Cl)cc1N1CCN(C(=O)c2cnn3c(C)c(Cc4cccc(Cl)c4)c(C)nc23)CC1. The van der Waals surface area contributed by atoms with Crippen LogP contribution >= 0.6 is 23.2 Å². The van der Waals surface area contributed by atoms with Crippen molar-refractivity contribution in [3.63, 3.8) is 0 Å². The Labute approximate surface area is 215 Å². The number of aryl methyl sites for hydroxylation is 3. The van der Waals surface area contributed by atoms with Crippen LogP contribution in [0.25, 0.3) is 5.65 Å². The van der Waals surface area contributed by atoms with E-state index in [0.29, 0.717) is 35.7 Å². The summed E-state index contributed by atoms with van der Waals surface area (Å²) in [5.74, 6) is -0.0312. The number of anilines is 1. The fourth-order valence-corrected chi connectivity index (χ4v) is 5.19. The largest absolute Gasteiger partial charge is 0.368 e. The van der Waals surface area contributed by atoms with Gasteiger partial charge in [0.15, 0.2) is 5.65 Å². The molecular weight excluding hydrogens is 481 g/mol. The van der Waals surface area contributed by atoms with E-state index in [4.69, 9.17) is 28.2 Å². The van der Waals surface area contributed by atoms with Gasteiger partial charge in [0.2, 0.25) is 0 Å². The number of fused-ring (bicyclic) bond motifs is 1. The van der Waals surface area contributed by atoms with Crippen LogP contribution in [0.5, 0.6) is 0 Å². The average Bonchev–Trinajstić information content (AvgIpc) is 3.27. The maximum Gasteiger partial charge on any atom is 0.259 e. The zero-order valence-electron chi connectivity index (χ0n) is 20.1. The third-order valence-electron chi connectivity index (χ3n) is 6.79. The van der Waals surface area contributed by atoms with Gasteiger partial charge in [-0.2, -0.15) is 5.10 Å². The zero-order chi connectivity index (χ0) is 24.7. The molecule has 2 aromatic heterocycles. The summed E-state index contributed by atoms with van der Waals surface area (Å²) >= 11 is 12.4. The standard InChI is InChI=1S/C27H27Cl2N5O/c1-17-7-8-22(29)15-25(17)32-9-11-33(12-10-32)27(35)24-16-30-34-19(3)23(18(2)31-26(24)34)14-20-5-4-6-21(28)13-20/h4-8,13,15-16H,9-12,14H2,1-3H3. The highest BCUT2D eigenvalue weighted by atomic mass is 35.5. The molecule has 0 aliphatic carbocycles. The van der Waals surface area contributed by atoms with Crippen LogP contribution in [0.1, 0.15) is 38.4 Å². The highest BCUT2D eigenvalue weighted by molar-refractivity contribution is 6.31. The minimum atomic E-state index is -0.0312. The summed E-state index contributed by atoms with van der Waals surface area (Å²) in [5.41, 5.74) is 7.53. The number of rotatable bonds is 4. The molecule has 2 aromatic carbocycles. The smallest absolute Gasteiger partial charge is 0.259 e. The van der Waals surface area contributed by atoms with E-state index in [-0.39, 0.29) is 5.91 Å². The normalized spacial score (nSPS) is 14.1. The van der Waals surface area contributed by atoms with Crippen LogP contribution in [0.2, 0.25) is 10.0 Å². The van der Waals surface area contributed by atoms with Gasteiger partial charge in [0.1, 0.15) is 5.56 Å². The molecule has 4 aromatic rings. The molecule has 0 saturated carbocycles. The number of hydrogen-bond acceptors (Lipinski definition) is 4. The van der Waals surface area contributed by atoms with Gasteiger partial charge in [-0.3, -0.25) is 4.79 Å². The van der Waals surface area contributed by atoms with E-state index in [1.54, 1.807) is 10.7 Å². The Morgan fingerprint density at radius 2 is 1.71 bits per heavy atom. The lowest BCUT2D eigenvalue weighted by Gasteiger charge is -2.36. The lowest BCUT2D eigenvalue weighted by Crippen LogP contribution is -2.49. The highest BCUT2D eigenvalue weighted by Gasteiger charge is 2.26. The second-order valence-corrected chi connectivity index (χ2v) is 9.94. The second-order valence-electron chi connectivity index (χ2n) is 9.07. The van der Waals surface area contributed by atoms with Gasteiger partial charge in [-0.25, -0.2) is 9.50 Å². The fraction of sp³-hybridized carbons (Fsp3) is 0.296. The predicted octanol–water partition coefficient (Wildman–Crippen LogP) is 5.51. The summed E-state index contributed by atoms with van der Waals surface area (Å²) < 4.78 is 1.78. The van der Waals surface area contributed by atoms with E-state index < -0.39 is 0 Å². The molecule has 180 valence electrons. The summed E-state index contributed by atoms with van der Waals surface area (Å²) in [6.45, 7) is 8.86. The number of piperazine rings is 1. The number of carbonyl (C=O) groups is 1. The number of amides is 1. The number of hydrogen-bond donors (Lipinski definition) is 0. The van der Waals surface area contributed by atoms with Crippen molar-refractivity contribution in [1.82, 2.24) is 19.5 Å². The van der Waals surface area contributed by atoms with Crippen LogP contribution < -0.4 is 4.90 Å². The molecule has 5 rings (SSSR count). The van der Waals surface area contributed by atoms with Gasteiger partial charge in [-0.05, 0) is 61.7 Å². The molecule has 1 saturated heterocycles. The summed E-state index contributed by atoms with van der Waals surface area (Å²) in [5, 5.41) is 5.97. The molecule has 1 aliphatic heterocycles. The molecule has 0 N–H and O–H groups in total. The van der Waals surface area contributed by atoms with Gasteiger partial charge < -0.3 is 9.80 Å². The van der Waals surface area contributed by atoms with Gasteiger partial charge in [0.05, 0.1) is 6.20 Å². The maximum atomic E-state index is 13.5. The average molecular weight is 508 g/mol. The first-order chi connectivity index (χ1) is 16.8. The first-order valence-corrected chi connectivity index (χ1v) is 12.5. The number of benzene rings is 2. The van der Waals surface area contributed by atoms with Crippen molar-refractivity contribution in [3.8, 4) is 0 Å². The van der Waals surface area contributed by atoms with Gasteiger partial charge >= 0.3 is 0 Å². The van der Waals surface area contributed by atoms with Crippen molar-refractivity contribution in [2.45, 2.75) is 27.2 Å². The summed E-state index contributed by atoms with van der Waals surface area (Å²) in [4.78, 5) is 22.4. The molecule has 35 heavy (non-hydrogen) atoms. The maximum absolute atomic E-state index is 13.5. The Bertz CT molecular complexity index is 1420. The quantitative estimate of drug-likeness (QED) is 0.365. The molecule has 6 nitrogen and oxygen atoms in total. The first-order valence-electron chi connectivity index (χ1n) is 11.7. The number of nitrogens with zero attached hydrogens (tertiary/aromatic N) is 5. The van der Waals surface area contributed by atoms with Crippen LogP contribution in [0, 0.1) is 20.8 Å². The topological polar surface area (TPSA) is 53.7 Å². The lowest BCUT2D eigenvalue weighted by atomic mass is 10.0. The zero-order valence-corrected chi connectivity index (χ0v) is 21.6. The summed E-state index contributed by atoms with van der Waals surface area (Å²) in [6, 6.07) is 13.8. The summed E-state index contributed by atoms with van der Waals surface area (Å²) in [6.07, 6.45) is 2.35. The van der Waals surface area contributed by atoms with Crippen molar-refractivity contribution in [3.05, 3.63) is 92.3 Å². The van der Waals surface area contributed by atoms with Crippen LogP contribution in [0.3, 0.4) is 0 Å². The van der Waals surface area contributed by atoms with E-state index in [9.17, 15) is 4.79 Å². The molecule has 0 atom stereocenters. The van der Waals surface area contributed by atoms with Gasteiger partial charge in [0, 0.05) is 59.7 Å².